The van der Waals surface area contributed by atoms with Crippen LogP contribution in [0.4, 0.5) is 8.78 Å². The maximum absolute atomic E-state index is 12.1. The van der Waals surface area contributed by atoms with E-state index in [2.05, 4.69) is 0 Å². The highest BCUT2D eigenvalue weighted by Crippen LogP contribution is 2.21. The molecule has 0 bridgehead atoms. The van der Waals surface area contributed by atoms with E-state index < -0.39 is 31.3 Å². The van der Waals surface area contributed by atoms with Crippen molar-refractivity contribution in [1.82, 2.24) is 0 Å². The van der Waals surface area contributed by atoms with Crippen LogP contribution in [-0.4, -0.2) is 28.7 Å². The van der Waals surface area contributed by atoms with Crippen LogP contribution in [0.25, 0.3) is 0 Å². The Morgan fingerprint density at radius 3 is 2.30 bits per heavy atom. The lowest BCUT2D eigenvalue weighted by atomic mass is 10.2. The molecular weight excluding hydrogens is 146 g/mol. The topological polar surface area (TPSA) is 57.5 Å². The number of aliphatic carboxylic acids is 1. The first-order valence-electron chi connectivity index (χ1n) is 2.68. The Morgan fingerprint density at radius 2 is 2.00 bits per heavy atom. The van der Waals surface area contributed by atoms with E-state index in [0.717, 1.165) is 0 Å². The second-order valence-corrected chi connectivity index (χ2v) is 1.90. The minimum absolute atomic E-state index is 0.694. The predicted octanol–water partition coefficient (Wildman–Crippen LogP) is 0.479. The Morgan fingerprint density at radius 1 is 1.50 bits per heavy atom. The summed E-state index contributed by atoms with van der Waals surface area (Å²) in [5.41, 5.74) is 0. The first-order chi connectivity index (χ1) is 4.48. The fraction of sp³-hybridized carbons (Fsp3) is 0.800. The molecular formula is C5H8F2O3. The van der Waals surface area contributed by atoms with Gasteiger partial charge in [0.2, 0.25) is 0 Å². The zero-order chi connectivity index (χ0) is 8.20. The Hall–Kier alpha value is -0.710. The Labute approximate surface area is 56.3 Å². The number of carbonyl (C=O) groups is 1. The van der Waals surface area contributed by atoms with Crippen LogP contribution >= 0.6 is 0 Å². The zero-order valence-corrected chi connectivity index (χ0v) is 5.18. The van der Waals surface area contributed by atoms with Gasteiger partial charge in [-0.25, -0.2) is 8.78 Å². The molecule has 0 aliphatic carbocycles. The van der Waals surface area contributed by atoms with E-state index in [4.69, 9.17) is 10.2 Å². The minimum Gasteiger partial charge on any atom is -0.481 e. The molecule has 0 saturated carbocycles. The van der Waals surface area contributed by atoms with Crippen LogP contribution in [0.2, 0.25) is 0 Å². The van der Waals surface area contributed by atoms with Gasteiger partial charge in [0.15, 0.2) is 0 Å². The van der Waals surface area contributed by atoms with Crippen molar-refractivity contribution in [3.63, 3.8) is 0 Å². The first kappa shape index (κ1) is 9.29. The van der Waals surface area contributed by atoms with Crippen LogP contribution in [0.1, 0.15) is 12.8 Å². The third kappa shape index (κ3) is 4.20. The van der Waals surface area contributed by atoms with Crippen molar-refractivity contribution in [2.45, 2.75) is 18.8 Å². The Bertz CT molecular complexity index is 124. The highest BCUT2D eigenvalue weighted by atomic mass is 19.3. The van der Waals surface area contributed by atoms with Crippen molar-refractivity contribution in [3.8, 4) is 0 Å². The summed E-state index contributed by atoms with van der Waals surface area (Å²) in [5, 5.41) is 16.0. The molecule has 0 atom stereocenters. The van der Waals surface area contributed by atoms with Gasteiger partial charge in [0, 0.05) is 13.0 Å². The van der Waals surface area contributed by atoms with Crippen LogP contribution in [0.5, 0.6) is 0 Å². The van der Waals surface area contributed by atoms with E-state index in [1.54, 1.807) is 0 Å². The molecule has 60 valence electrons. The second-order valence-electron chi connectivity index (χ2n) is 1.90. The van der Waals surface area contributed by atoms with E-state index in [9.17, 15) is 13.6 Å². The number of halogens is 2. The molecule has 0 fully saturated rings. The Kier molecular flexibility index (Phi) is 3.21. The molecule has 0 rings (SSSR count). The molecule has 0 radical (unpaired) electrons. The SMILES string of the molecule is O=C(O)CC(F)(F)CCO. The molecule has 0 unspecified atom stereocenters. The number of rotatable bonds is 4. The summed E-state index contributed by atoms with van der Waals surface area (Å²) in [6, 6.07) is 0. The summed E-state index contributed by atoms with van der Waals surface area (Å²) < 4.78 is 24.3. The molecule has 0 aromatic heterocycles. The largest absolute Gasteiger partial charge is 0.481 e. The smallest absolute Gasteiger partial charge is 0.309 e. The molecule has 0 heterocycles. The highest BCUT2D eigenvalue weighted by Gasteiger charge is 2.31. The van der Waals surface area contributed by atoms with E-state index in [0.29, 0.717) is 0 Å². The fourth-order valence-electron chi connectivity index (χ4n) is 0.473. The summed E-state index contributed by atoms with van der Waals surface area (Å²) >= 11 is 0. The number of carboxylic acid groups (broad SMARTS) is 1. The van der Waals surface area contributed by atoms with E-state index in [1.807, 2.05) is 0 Å². The molecule has 0 saturated heterocycles. The molecule has 0 aromatic carbocycles. The van der Waals surface area contributed by atoms with Gasteiger partial charge in [-0.05, 0) is 0 Å². The molecule has 0 aromatic rings. The first-order valence-corrected chi connectivity index (χ1v) is 2.68. The van der Waals surface area contributed by atoms with E-state index in [1.165, 1.54) is 0 Å². The Balaban J connectivity index is 3.74. The lowest BCUT2D eigenvalue weighted by molar-refractivity contribution is -0.145. The second kappa shape index (κ2) is 3.46. The normalized spacial score (nSPS) is 11.5. The lowest BCUT2D eigenvalue weighted by Crippen LogP contribution is -2.22. The predicted molar refractivity (Wildman–Crippen MR) is 28.9 cm³/mol. The van der Waals surface area contributed by atoms with Crippen molar-refractivity contribution in [1.29, 1.82) is 0 Å². The number of hydrogen-bond donors (Lipinski definition) is 2. The van der Waals surface area contributed by atoms with Gasteiger partial charge >= 0.3 is 5.97 Å². The summed E-state index contributed by atoms with van der Waals surface area (Å²) in [4.78, 5) is 9.73. The summed E-state index contributed by atoms with van der Waals surface area (Å²) in [5.74, 6) is -4.83. The molecule has 0 spiro atoms. The van der Waals surface area contributed by atoms with Gasteiger partial charge < -0.3 is 10.2 Å². The molecule has 5 heteroatoms. The van der Waals surface area contributed by atoms with E-state index in [-0.39, 0.29) is 0 Å². The van der Waals surface area contributed by atoms with Crippen LogP contribution in [0, 0.1) is 0 Å². The van der Waals surface area contributed by atoms with Gasteiger partial charge in [0.1, 0.15) is 6.42 Å². The average Bonchev–Trinajstić information content (AvgIpc) is 1.59. The average molecular weight is 154 g/mol. The third-order valence-electron chi connectivity index (χ3n) is 0.887. The van der Waals surface area contributed by atoms with Crippen LogP contribution in [-0.2, 0) is 4.79 Å². The molecule has 0 aliphatic heterocycles. The quantitative estimate of drug-likeness (QED) is 0.619. The molecule has 2 N–H and O–H groups in total. The molecule has 0 aliphatic rings. The number of alkyl halides is 2. The molecule has 3 nitrogen and oxygen atoms in total. The zero-order valence-electron chi connectivity index (χ0n) is 5.18. The standard InChI is InChI=1S/C5H8F2O3/c6-5(7,1-2-8)3-4(9)10/h8H,1-3H2,(H,9,10). The minimum atomic E-state index is -3.28. The molecule has 0 amide bonds. The van der Waals surface area contributed by atoms with Gasteiger partial charge in [-0.2, -0.15) is 0 Å². The van der Waals surface area contributed by atoms with Crippen LogP contribution in [0.3, 0.4) is 0 Å². The van der Waals surface area contributed by atoms with Crippen molar-refractivity contribution >= 4 is 5.97 Å². The van der Waals surface area contributed by atoms with Gasteiger partial charge in [-0.15, -0.1) is 0 Å². The van der Waals surface area contributed by atoms with Gasteiger partial charge in [0.25, 0.3) is 5.92 Å². The number of hydrogen-bond acceptors (Lipinski definition) is 2. The van der Waals surface area contributed by atoms with Crippen molar-refractivity contribution < 1.29 is 23.8 Å². The van der Waals surface area contributed by atoms with Crippen molar-refractivity contribution in [2.75, 3.05) is 6.61 Å². The van der Waals surface area contributed by atoms with E-state index >= 15 is 0 Å². The van der Waals surface area contributed by atoms with Crippen molar-refractivity contribution in [2.24, 2.45) is 0 Å². The summed E-state index contributed by atoms with van der Waals surface area (Å²) in [7, 11) is 0. The molecule has 10 heavy (non-hydrogen) atoms. The lowest BCUT2D eigenvalue weighted by Gasteiger charge is -2.10. The summed E-state index contributed by atoms with van der Waals surface area (Å²) in [6.45, 7) is -0.694. The van der Waals surface area contributed by atoms with Crippen molar-refractivity contribution in [3.05, 3.63) is 0 Å². The van der Waals surface area contributed by atoms with Crippen LogP contribution < -0.4 is 0 Å². The van der Waals surface area contributed by atoms with Gasteiger partial charge in [-0.1, -0.05) is 0 Å². The van der Waals surface area contributed by atoms with Crippen LogP contribution in [0.15, 0.2) is 0 Å². The maximum Gasteiger partial charge on any atom is 0.309 e. The van der Waals surface area contributed by atoms with Gasteiger partial charge in [-0.3, -0.25) is 4.79 Å². The highest BCUT2D eigenvalue weighted by molar-refractivity contribution is 5.67. The summed E-state index contributed by atoms with van der Waals surface area (Å²) in [6.07, 6.45) is -2.01. The number of carboxylic acids is 1. The number of aliphatic hydroxyl groups is 1. The third-order valence-corrected chi connectivity index (χ3v) is 0.887. The van der Waals surface area contributed by atoms with Gasteiger partial charge in [0.05, 0.1) is 0 Å². The monoisotopic (exact) mass is 154 g/mol. The fourth-order valence-corrected chi connectivity index (χ4v) is 0.473. The maximum atomic E-state index is 12.1. The number of aliphatic hydroxyl groups excluding tert-OH is 1.